The molecule has 8 heavy (non-hydrogen) atoms. The van der Waals surface area contributed by atoms with Crippen LogP contribution in [0, 0.1) is 0 Å². The fourth-order valence-corrected chi connectivity index (χ4v) is 0. The maximum atomic E-state index is 5.12. The van der Waals surface area contributed by atoms with E-state index in [-0.39, 0.29) is 12.4 Å². The Kier molecular flexibility index (Phi) is 2.27. The summed E-state index contributed by atoms with van der Waals surface area (Å²) in [6.07, 6.45) is 0. The van der Waals surface area contributed by atoms with E-state index in [1.54, 1.807) is 0 Å². The van der Waals surface area contributed by atoms with E-state index in [0.717, 1.165) is 0 Å². The Morgan fingerprint density at radius 3 is 0.875 bits per heavy atom. The number of halogens is 2. The SMILES string of the molecule is Cl.[NH2][Ir]([NH2])([NH2])([NH2])([NH2])[Cl]. The molecule has 0 aromatic carbocycles. The van der Waals surface area contributed by atoms with Crippen LogP contribution in [0.3, 0.4) is 0 Å². The van der Waals surface area contributed by atoms with Crippen molar-refractivity contribution in [2.45, 2.75) is 0 Å². The van der Waals surface area contributed by atoms with E-state index in [2.05, 4.69) is 0 Å². The van der Waals surface area contributed by atoms with Crippen LogP contribution in [-0.4, -0.2) is 0 Å². The van der Waals surface area contributed by atoms with E-state index in [1.165, 1.54) is 0 Å². The zero-order valence-corrected chi connectivity index (χ0v) is 7.97. The van der Waals surface area contributed by atoms with Gasteiger partial charge in [-0.2, -0.15) is 0 Å². The first-order valence-corrected chi connectivity index (χ1v) is 11.0. The van der Waals surface area contributed by atoms with Crippen LogP contribution >= 0.6 is 22.0 Å². The van der Waals surface area contributed by atoms with Gasteiger partial charge in [0, 0.05) is 0 Å². The summed E-state index contributed by atoms with van der Waals surface area (Å²) in [4.78, 5) is 0. The second-order valence-corrected chi connectivity index (χ2v) is 18.0. The zero-order valence-electron chi connectivity index (χ0n) is 4.01. The molecule has 0 radical (unpaired) electrons. The van der Waals surface area contributed by atoms with Gasteiger partial charge in [-0.3, -0.25) is 0 Å². The van der Waals surface area contributed by atoms with Gasteiger partial charge in [0.05, 0.1) is 0 Å². The van der Waals surface area contributed by atoms with Gasteiger partial charge in [-0.1, -0.05) is 0 Å². The molecule has 0 aliphatic carbocycles. The maximum absolute atomic E-state index is 5.19. The molecular weight excluding hydrogens is 333 g/mol. The van der Waals surface area contributed by atoms with Crippen molar-refractivity contribution in [1.29, 1.82) is 0 Å². The Balaban J connectivity index is 0. The Morgan fingerprint density at radius 1 is 0.875 bits per heavy atom. The molecule has 0 unspecified atom stereocenters. The molecular formula is H11Cl2IrN5. The van der Waals surface area contributed by atoms with Crippen LogP contribution in [0.4, 0.5) is 0 Å². The predicted molar refractivity (Wildman–Crippen MR) is 34.0 cm³/mol. The fourth-order valence-electron chi connectivity index (χ4n) is 0. The minimum atomic E-state index is -5.19. The quantitative estimate of drug-likeness (QED) is 0.352. The molecule has 0 saturated heterocycles. The molecule has 0 atom stereocenters. The molecule has 0 rings (SSSR count). The van der Waals surface area contributed by atoms with Crippen molar-refractivity contribution in [1.82, 2.24) is 0 Å². The Hall–Kier alpha value is 1.03. The molecule has 8 heteroatoms. The normalized spacial score (nSPS) is 20.2. The summed E-state index contributed by atoms with van der Waals surface area (Å²) in [6.45, 7) is 0. The molecule has 0 aromatic heterocycles. The second kappa shape index (κ2) is 1.54. The van der Waals surface area contributed by atoms with E-state index in [0.29, 0.717) is 0 Å². The summed E-state index contributed by atoms with van der Waals surface area (Å²) in [7, 11) is 5.12. The van der Waals surface area contributed by atoms with Gasteiger partial charge < -0.3 is 0 Å². The van der Waals surface area contributed by atoms with Gasteiger partial charge in [-0.05, 0) is 0 Å². The molecule has 0 aliphatic rings. The van der Waals surface area contributed by atoms with E-state index < -0.39 is 13.1 Å². The molecule has 59 valence electrons. The summed E-state index contributed by atoms with van der Waals surface area (Å²) in [5.41, 5.74) is 0. The van der Waals surface area contributed by atoms with E-state index in [9.17, 15) is 0 Å². The molecule has 0 spiro atoms. The van der Waals surface area contributed by atoms with Gasteiger partial charge in [0.15, 0.2) is 0 Å². The third-order valence-corrected chi connectivity index (χ3v) is 0. The molecule has 10 N–H and O–H groups in total. The van der Waals surface area contributed by atoms with Crippen LogP contribution in [-0.2, 0) is 13.1 Å². The second-order valence-electron chi connectivity index (χ2n) is 1.47. The molecule has 0 fully saturated rings. The summed E-state index contributed by atoms with van der Waals surface area (Å²) >= 11 is -5.19. The first-order valence-electron chi connectivity index (χ1n) is 1.09. The van der Waals surface area contributed by atoms with Crippen LogP contribution < -0.4 is 22.0 Å². The standard InChI is InChI=1S/2ClH.Ir.5H2N/h2*1H;;5*1H2/q;;+6;5*-1/p-1. The van der Waals surface area contributed by atoms with Crippen LogP contribution in [0.5, 0.6) is 0 Å². The number of rotatable bonds is 0. The van der Waals surface area contributed by atoms with Crippen LogP contribution in [0.25, 0.3) is 0 Å². The van der Waals surface area contributed by atoms with E-state index >= 15 is 0 Å². The van der Waals surface area contributed by atoms with Crippen molar-refractivity contribution >= 4 is 22.0 Å². The number of nitrogens with two attached hydrogens (primary N) is 5. The van der Waals surface area contributed by atoms with E-state index in [4.69, 9.17) is 31.6 Å². The monoisotopic (exact) mass is 344 g/mol. The zero-order chi connectivity index (χ0) is 6.41. The third-order valence-electron chi connectivity index (χ3n) is 0. The van der Waals surface area contributed by atoms with Crippen LogP contribution in [0.1, 0.15) is 0 Å². The fraction of sp³-hybridized carbons (Fsp3) is 0. The third kappa shape index (κ3) is 241. The van der Waals surface area contributed by atoms with Crippen molar-refractivity contribution < 1.29 is 13.1 Å². The van der Waals surface area contributed by atoms with Crippen molar-refractivity contribution in [3.05, 3.63) is 0 Å². The summed E-state index contributed by atoms with van der Waals surface area (Å²) in [6, 6.07) is 0. The van der Waals surface area contributed by atoms with Crippen molar-refractivity contribution in [2.24, 2.45) is 22.0 Å². The Bertz CT molecular complexity index is 69.0. The first-order chi connectivity index (χ1) is 2.45. The average molecular weight is 344 g/mol. The number of hydrogen-bond donors (Lipinski definition) is 5. The Labute approximate surface area is 57.2 Å². The van der Waals surface area contributed by atoms with Crippen molar-refractivity contribution in [2.75, 3.05) is 0 Å². The molecule has 5 nitrogen and oxygen atoms in total. The molecule has 0 bridgehead atoms. The van der Waals surface area contributed by atoms with Crippen molar-refractivity contribution in [3.63, 3.8) is 0 Å². The summed E-state index contributed by atoms with van der Waals surface area (Å²) in [5, 5.41) is 0. The van der Waals surface area contributed by atoms with Crippen LogP contribution in [0.15, 0.2) is 0 Å². The first kappa shape index (κ1) is 11.8. The van der Waals surface area contributed by atoms with Gasteiger partial charge in [0.25, 0.3) is 0 Å². The van der Waals surface area contributed by atoms with E-state index in [1.807, 2.05) is 0 Å². The molecule has 0 aliphatic heterocycles. The Morgan fingerprint density at radius 2 is 0.875 bits per heavy atom. The number of hydrogen-bond acceptors (Lipinski definition) is 5. The summed E-state index contributed by atoms with van der Waals surface area (Å²) in [5.74, 6) is 0. The van der Waals surface area contributed by atoms with Gasteiger partial charge >= 0.3 is 44.7 Å². The topological polar surface area (TPSA) is 130 Å². The summed E-state index contributed by atoms with van der Waals surface area (Å²) < 4.78 is 24.5. The van der Waals surface area contributed by atoms with Gasteiger partial charge in [-0.15, -0.1) is 12.4 Å². The molecule has 0 amide bonds. The average Bonchev–Trinajstić information content (AvgIpc) is 0.592. The minimum absolute atomic E-state index is 0. The van der Waals surface area contributed by atoms with Crippen LogP contribution in [0.2, 0.25) is 0 Å². The van der Waals surface area contributed by atoms with Gasteiger partial charge in [-0.25, -0.2) is 0 Å². The van der Waals surface area contributed by atoms with Crippen molar-refractivity contribution in [3.8, 4) is 0 Å². The molecule has 0 saturated carbocycles. The molecule has 0 heterocycles. The van der Waals surface area contributed by atoms with Gasteiger partial charge in [0.1, 0.15) is 0 Å². The van der Waals surface area contributed by atoms with Gasteiger partial charge in [0.2, 0.25) is 0 Å². The molecule has 0 aromatic rings. The predicted octanol–water partition coefficient (Wildman–Crippen LogP) is -1.84.